The average molecular weight is 351 g/mol. The van der Waals surface area contributed by atoms with Gasteiger partial charge in [-0.2, -0.15) is 13.2 Å². The molecule has 0 saturated heterocycles. The van der Waals surface area contributed by atoms with Gasteiger partial charge in [0.2, 0.25) is 5.82 Å². The van der Waals surface area contributed by atoms with Gasteiger partial charge in [0.05, 0.1) is 17.5 Å². The molecule has 0 aliphatic heterocycles. The number of alkyl halides is 3. The topological polar surface area (TPSA) is 43.9 Å². The van der Waals surface area contributed by atoms with E-state index in [4.69, 9.17) is 4.42 Å². The second-order valence-electron chi connectivity index (χ2n) is 4.77. The highest BCUT2D eigenvalue weighted by molar-refractivity contribution is 7.99. The predicted octanol–water partition coefficient (Wildman–Crippen LogP) is 4.82. The van der Waals surface area contributed by atoms with Crippen molar-refractivity contribution < 1.29 is 17.6 Å². The van der Waals surface area contributed by atoms with Crippen molar-refractivity contribution in [2.75, 3.05) is 5.75 Å². The van der Waals surface area contributed by atoms with Gasteiger partial charge in [0.15, 0.2) is 10.9 Å². The maximum Gasteiger partial charge on any atom is 0.416 e. The van der Waals surface area contributed by atoms with Gasteiger partial charge in [-0.1, -0.05) is 23.9 Å². The molecule has 0 aliphatic rings. The van der Waals surface area contributed by atoms with Gasteiger partial charge in [-0.25, -0.2) is 0 Å². The molecule has 0 spiro atoms. The van der Waals surface area contributed by atoms with Crippen molar-refractivity contribution in [2.24, 2.45) is 0 Å². The lowest BCUT2D eigenvalue weighted by Gasteiger charge is -2.12. The number of furan rings is 1. The van der Waals surface area contributed by atoms with Crippen molar-refractivity contribution in [3.63, 3.8) is 0 Å². The summed E-state index contributed by atoms with van der Waals surface area (Å²) in [6, 6.07) is 8.37. The lowest BCUT2D eigenvalue weighted by atomic mass is 10.2. The molecule has 0 amide bonds. The summed E-state index contributed by atoms with van der Waals surface area (Å²) < 4.78 is 45.9. The van der Waals surface area contributed by atoms with Crippen LogP contribution in [-0.4, -0.2) is 20.5 Å². The minimum Gasteiger partial charge on any atom is -0.461 e. The third kappa shape index (κ3) is 3.23. The maximum atomic E-state index is 13.0. The Hall–Kier alpha value is -2.48. The minimum absolute atomic E-state index is 0.313. The van der Waals surface area contributed by atoms with Gasteiger partial charge in [-0.3, -0.25) is 4.57 Å². The Balaban J connectivity index is 2.14. The zero-order valence-electron chi connectivity index (χ0n) is 12.3. The Morgan fingerprint density at radius 3 is 2.71 bits per heavy atom. The molecular formula is C16H12F3N3OS. The molecule has 3 rings (SSSR count). The summed E-state index contributed by atoms with van der Waals surface area (Å²) in [5.41, 5.74) is -0.424. The lowest BCUT2D eigenvalue weighted by molar-refractivity contribution is -0.137. The van der Waals surface area contributed by atoms with Crippen molar-refractivity contribution in [3.05, 3.63) is 60.9 Å². The molecule has 0 atom stereocenters. The van der Waals surface area contributed by atoms with Gasteiger partial charge < -0.3 is 4.42 Å². The van der Waals surface area contributed by atoms with E-state index in [1.807, 2.05) is 0 Å². The monoisotopic (exact) mass is 351 g/mol. The molecule has 0 fully saturated rings. The Kier molecular flexibility index (Phi) is 4.48. The van der Waals surface area contributed by atoms with E-state index in [0.29, 0.717) is 28.2 Å². The second kappa shape index (κ2) is 6.56. The van der Waals surface area contributed by atoms with Crippen LogP contribution in [0.2, 0.25) is 0 Å². The van der Waals surface area contributed by atoms with E-state index in [9.17, 15) is 13.2 Å². The van der Waals surface area contributed by atoms with E-state index in [1.54, 1.807) is 28.8 Å². The summed E-state index contributed by atoms with van der Waals surface area (Å²) >= 11 is 1.32. The first kappa shape index (κ1) is 16.4. The fourth-order valence-electron chi connectivity index (χ4n) is 2.12. The van der Waals surface area contributed by atoms with Crippen molar-refractivity contribution in [1.29, 1.82) is 0 Å². The number of hydrogen-bond acceptors (Lipinski definition) is 4. The first-order valence-electron chi connectivity index (χ1n) is 6.91. The normalized spacial score (nSPS) is 11.6. The van der Waals surface area contributed by atoms with Crippen LogP contribution in [0.15, 0.2) is 64.9 Å². The summed E-state index contributed by atoms with van der Waals surface area (Å²) in [4.78, 5) is 0. The molecule has 0 aliphatic carbocycles. The van der Waals surface area contributed by atoms with Gasteiger partial charge in [0.25, 0.3) is 0 Å². The van der Waals surface area contributed by atoms with Crippen LogP contribution in [0, 0.1) is 0 Å². The number of thioether (sulfide) groups is 1. The second-order valence-corrected chi connectivity index (χ2v) is 5.75. The van der Waals surface area contributed by atoms with Gasteiger partial charge in [-0.05, 0) is 30.3 Å². The largest absolute Gasteiger partial charge is 0.461 e. The predicted molar refractivity (Wildman–Crippen MR) is 85.0 cm³/mol. The fraction of sp³-hybridized carbons (Fsp3) is 0.125. The van der Waals surface area contributed by atoms with Crippen LogP contribution < -0.4 is 0 Å². The highest BCUT2D eigenvalue weighted by Gasteiger charge is 2.31. The van der Waals surface area contributed by atoms with Crippen molar-refractivity contribution in [2.45, 2.75) is 11.3 Å². The van der Waals surface area contributed by atoms with Crippen LogP contribution in [0.3, 0.4) is 0 Å². The van der Waals surface area contributed by atoms with E-state index in [-0.39, 0.29) is 0 Å². The third-order valence-corrected chi connectivity index (χ3v) is 4.06. The van der Waals surface area contributed by atoms with Gasteiger partial charge >= 0.3 is 6.18 Å². The van der Waals surface area contributed by atoms with Crippen LogP contribution in [0.5, 0.6) is 0 Å². The SMILES string of the molecule is C=CCSc1nnc(-c2ccco2)n1-c1cccc(C(F)(F)F)c1. The maximum absolute atomic E-state index is 13.0. The molecule has 0 radical (unpaired) electrons. The molecule has 24 heavy (non-hydrogen) atoms. The summed E-state index contributed by atoms with van der Waals surface area (Å²) in [5, 5.41) is 8.59. The zero-order valence-corrected chi connectivity index (χ0v) is 13.1. The minimum atomic E-state index is -4.43. The summed E-state index contributed by atoms with van der Waals surface area (Å²) in [7, 11) is 0. The summed E-state index contributed by atoms with van der Waals surface area (Å²) in [6.07, 6.45) is -1.28. The molecule has 0 unspecified atom stereocenters. The number of benzene rings is 1. The number of nitrogens with zero attached hydrogens (tertiary/aromatic N) is 3. The number of halogens is 3. The van der Waals surface area contributed by atoms with Crippen LogP contribution in [0.25, 0.3) is 17.3 Å². The molecule has 0 N–H and O–H groups in total. The number of hydrogen-bond donors (Lipinski definition) is 0. The van der Waals surface area contributed by atoms with Crippen LogP contribution in [-0.2, 0) is 6.18 Å². The lowest BCUT2D eigenvalue weighted by Crippen LogP contribution is -2.07. The summed E-state index contributed by atoms with van der Waals surface area (Å²) in [5.74, 6) is 1.31. The van der Waals surface area contributed by atoms with Gasteiger partial charge in [0, 0.05) is 5.75 Å². The summed E-state index contributed by atoms with van der Waals surface area (Å²) in [6.45, 7) is 3.64. The molecule has 0 saturated carbocycles. The first-order valence-corrected chi connectivity index (χ1v) is 7.90. The Morgan fingerprint density at radius 2 is 2.04 bits per heavy atom. The Bertz CT molecular complexity index is 841. The Labute approximate surface area is 140 Å². The smallest absolute Gasteiger partial charge is 0.416 e. The third-order valence-electron chi connectivity index (χ3n) is 3.14. The van der Waals surface area contributed by atoms with E-state index in [0.717, 1.165) is 12.1 Å². The molecule has 2 heterocycles. The van der Waals surface area contributed by atoms with E-state index < -0.39 is 11.7 Å². The zero-order chi connectivity index (χ0) is 17.2. The van der Waals surface area contributed by atoms with Gasteiger partial charge in [-0.15, -0.1) is 16.8 Å². The molecule has 1 aromatic carbocycles. The fourth-order valence-corrected chi connectivity index (χ4v) is 2.80. The Morgan fingerprint density at radius 1 is 1.21 bits per heavy atom. The highest BCUT2D eigenvalue weighted by atomic mass is 32.2. The van der Waals surface area contributed by atoms with Crippen LogP contribution in [0.1, 0.15) is 5.56 Å². The van der Waals surface area contributed by atoms with Crippen LogP contribution in [0.4, 0.5) is 13.2 Å². The molecule has 2 aromatic heterocycles. The number of aromatic nitrogens is 3. The first-order chi connectivity index (χ1) is 11.5. The quantitative estimate of drug-likeness (QED) is 0.488. The van der Waals surface area contributed by atoms with E-state index >= 15 is 0 Å². The molecule has 8 heteroatoms. The molecule has 0 bridgehead atoms. The van der Waals surface area contributed by atoms with Crippen LogP contribution >= 0.6 is 11.8 Å². The molecule has 3 aromatic rings. The van der Waals surface area contributed by atoms with Crippen molar-refractivity contribution in [3.8, 4) is 17.3 Å². The van der Waals surface area contributed by atoms with E-state index in [1.165, 1.54) is 24.1 Å². The highest BCUT2D eigenvalue weighted by Crippen LogP contribution is 2.33. The number of rotatable bonds is 5. The average Bonchev–Trinajstić information content (AvgIpc) is 3.21. The van der Waals surface area contributed by atoms with Gasteiger partial charge in [0.1, 0.15) is 0 Å². The molecule has 4 nitrogen and oxygen atoms in total. The van der Waals surface area contributed by atoms with Crippen molar-refractivity contribution >= 4 is 11.8 Å². The van der Waals surface area contributed by atoms with E-state index in [2.05, 4.69) is 16.8 Å². The van der Waals surface area contributed by atoms with Crippen molar-refractivity contribution in [1.82, 2.24) is 14.8 Å². The molecule has 124 valence electrons. The molecular weight excluding hydrogens is 339 g/mol. The standard InChI is InChI=1S/C16H12F3N3OS/c1-2-9-24-15-21-20-14(13-7-4-8-23-13)22(15)12-6-3-5-11(10-12)16(17,18)19/h2-8,10H,1,9H2.